The molecule has 0 amide bonds. The average molecular weight is 768 g/mol. The zero-order valence-corrected chi connectivity index (χ0v) is 33.0. The van der Waals surface area contributed by atoms with Crippen LogP contribution in [0.1, 0.15) is 0 Å². The minimum atomic E-state index is 1.21. The van der Waals surface area contributed by atoms with Gasteiger partial charge in [-0.2, -0.15) is 0 Å². The highest BCUT2D eigenvalue weighted by molar-refractivity contribution is 6.28. The van der Waals surface area contributed by atoms with Gasteiger partial charge in [0.1, 0.15) is 0 Å². The van der Waals surface area contributed by atoms with E-state index in [0.29, 0.717) is 0 Å². The maximum absolute atomic E-state index is 2.53. The Hall–Kier alpha value is -8.00. The van der Waals surface area contributed by atoms with Crippen LogP contribution in [0.25, 0.3) is 147 Å². The Morgan fingerprint density at radius 2 is 0.557 bits per heavy atom. The number of aromatic nitrogens is 1. The second-order valence-electron chi connectivity index (χ2n) is 17.2. The molecule has 1 heterocycles. The van der Waals surface area contributed by atoms with Gasteiger partial charge in [0, 0.05) is 16.2 Å². The molecule has 0 N–H and O–H groups in total. The number of benzene rings is 14. The Kier molecular flexibility index (Phi) is 5.96. The van der Waals surface area contributed by atoms with E-state index in [1.54, 1.807) is 0 Å². The molecule has 1 nitrogen and oxygen atoms in total. The second-order valence-corrected chi connectivity index (χ2v) is 17.2. The van der Waals surface area contributed by atoms with Crippen LogP contribution >= 0.6 is 0 Å². The third kappa shape index (κ3) is 4.15. The maximum atomic E-state index is 2.53. The maximum Gasteiger partial charge on any atom is 0.0541 e. The smallest absolute Gasteiger partial charge is 0.0541 e. The highest BCUT2D eigenvalue weighted by Crippen LogP contribution is 2.46. The van der Waals surface area contributed by atoms with E-state index in [1.165, 1.54) is 147 Å². The van der Waals surface area contributed by atoms with Crippen LogP contribution in [0.4, 0.5) is 0 Å². The number of hydrogen-bond donors (Lipinski definition) is 0. The van der Waals surface area contributed by atoms with Crippen molar-refractivity contribution in [3.8, 4) is 27.9 Å². The van der Waals surface area contributed by atoms with Gasteiger partial charge < -0.3 is 4.57 Å². The van der Waals surface area contributed by atoms with Crippen molar-refractivity contribution in [2.45, 2.75) is 0 Å². The van der Waals surface area contributed by atoms with Gasteiger partial charge in [0.25, 0.3) is 0 Å². The topological polar surface area (TPSA) is 4.93 Å². The molecule has 14 aromatic carbocycles. The molecule has 0 aliphatic carbocycles. The molecule has 0 saturated heterocycles. The number of nitrogens with zero attached hydrogens (tertiary/aromatic N) is 1. The van der Waals surface area contributed by atoms with Gasteiger partial charge in [-0.1, -0.05) is 170 Å². The summed E-state index contributed by atoms with van der Waals surface area (Å²) in [5.41, 5.74) is 8.61. The van der Waals surface area contributed by atoms with Crippen LogP contribution in [0.15, 0.2) is 200 Å². The van der Waals surface area contributed by atoms with E-state index in [1.807, 2.05) is 0 Å². The molecule has 0 spiro atoms. The summed E-state index contributed by atoms with van der Waals surface area (Å²) >= 11 is 0. The Morgan fingerprint density at radius 3 is 0.984 bits per heavy atom. The van der Waals surface area contributed by atoms with Crippen molar-refractivity contribution >= 4 is 119 Å². The summed E-state index contributed by atoms with van der Waals surface area (Å²) in [6.07, 6.45) is 0. The van der Waals surface area contributed by atoms with Gasteiger partial charge in [-0.3, -0.25) is 0 Å². The van der Waals surface area contributed by atoms with Crippen LogP contribution in [0.2, 0.25) is 0 Å². The number of rotatable bonds is 3. The van der Waals surface area contributed by atoms with Crippen molar-refractivity contribution in [2.24, 2.45) is 0 Å². The lowest BCUT2D eigenvalue weighted by Crippen LogP contribution is -1.96. The average Bonchev–Trinajstić information content (AvgIpc) is 3.64. The van der Waals surface area contributed by atoms with Crippen LogP contribution in [0, 0.1) is 0 Å². The molecule has 0 atom stereocenters. The summed E-state index contributed by atoms with van der Waals surface area (Å²) in [4.78, 5) is 0. The Labute approximate surface area is 349 Å². The molecule has 1 aromatic heterocycles. The highest BCUT2D eigenvalue weighted by Gasteiger charge is 2.21. The SMILES string of the molecule is c1cc2ccc3ccc(-c4ccc5c(c4)c4cc(-c6ccc7ccc8cccc9ccc6c7c89)ccc4n5-c4ccc5ccc6cccc7ccc4c5c67)c4ccc(c1)c2c34. The van der Waals surface area contributed by atoms with E-state index in [4.69, 9.17) is 0 Å². The third-order valence-corrected chi connectivity index (χ3v) is 14.2. The van der Waals surface area contributed by atoms with Crippen molar-refractivity contribution < 1.29 is 0 Å². The first-order valence-corrected chi connectivity index (χ1v) is 21.3. The summed E-state index contributed by atoms with van der Waals surface area (Å²) in [5.74, 6) is 0. The monoisotopic (exact) mass is 767 g/mol. The van der Waals surface area contributed by atoms with E-state index >= 15 is 0 Å². The van der Waals surface area contributed by atoms with Gasteiger partial charge in [0.15, 0.2) is 0 Å². The largest absolute Gasteiger partial charge is 0.309 e. The highest BCUT2D eigenvalue weighted by atomic mass is 15.0. The molecule has 0 radical (unpaired) electrons. The van der Waals surface area contributed by atoms with Gasteiger partial charge in [-0.05, 0) is 144 Å². The first-order valence-electron chi connectivity index (χ1n) is 21.3. The van der Waals surface area contributed by atoms with Crippen molar-refractivity contribution in [3.05, 3.63) is 200 Å². The lowest BCUT2D eigenvalue weighted by molar-refractivity contribution is 1.20. The van der Waals surface area contributed by atoms with Gasteiger partial charge in [-0.25, -0.2) is 0 Å². The molecular formula is C60H33N. The zero-order valence-electron chi connectivity index (χ0n) is 33.0. The quantitative estimate of drug-likeness (QED) is 0.158. The lowest BCUT2D eigenvalue weighted by atomic mass is 9.89. The van der Waals surface area contributed by atoms with Crippen molar-refractivity contribution in [1.29, 1.82) is 0 Å². The summed E-state index contributed by atoms with van der Waals surface area (Å²) < 4.78 is 2.53. The van der Waals surface area contributed by atoms with E-state index in [-0.39, 0.29) is 0 Å². The minimum absolute atomic E-state index is 1.21. The molecule has 61 heavy (non-hydrogen) atoms. The molecule has 15 rings (SSSR count). The number of fused-ring (bicyclic) bond motifs is 3. The summed E-state index contributed by atoms with van der Waals surface area (Å²) in [5, 5.41) is 26.0. The van der Waals surface area contributed by atoms with E-state index < -0.39 is 0 Å². The number of hydrogen-bond acceptors (Lipinski definition) is 0. The summed E-state index contributed by atoms with van der Waals surface area (Å²) in [6, 6.07) is 75.9. The normalized spacial score (nSPS) is 12.6. The van der Waals surface area contributed by atoms with E-state index in [0.717, 1.165) is 0 Å². The van der Waals surface area contributed by atoms with Gasteiger partial charge >= 0.3 is 0 Å². The molecule has 0 aliphatic heterocycles. The molecule has 0 bridgehead atoms. The molecule has 15 aromatic rings. The third-order valence-electron chi connectivity index (χ3n) is 14.2. The molecule has 0 saturated carbocycles. The second kappa shape index (κ2) is 11.4. The minimum Gasteiger partial charge on any atom is -0.309 e. The van der Waals surface area contributed by atoms with Crippen LogP contribution < -0.4 is 0 Å². The fourth-order valence-electron chi connectivity index (χ4n) is 11.5. The zero-order chi connectivity index (χ0) is 39.5. The molecule has 1 heteroatoms. The van der Waals surface area contributed by atoms with Crippen molar-refractivity contribution in [2.75, 3.05) is 0 Å². The van der Waals surface area contributed by atoms with Crippen LogP contribution in [-0.4, -0.2) is 4.57 Å². The van der Waals surface area contributed by atoms with Crippen molar-refractivity contribution in [3.63, 3.8) is 0 Å². The van der Waals surface area contributed by atoms with Crippen LogP contribution in [0.3, 0.4) is 0 Å². The molecule has 0 unspecified atom stereocenters. The fraction of sp³-hybridized carbons (Fsp3) is 0. The molecule has 0 fully saturated rings. The summed E-state index contributed by atoms with van der Waals surface area (Å²) in [7, 11) is 0. The van der Waals surface area contributed by atoms with Crippen LogP contribution in [-0.2, 0) is 0 Å². The van der Waals surface area contributed by atoms with E-state index in [9.17, 15) is 0 Å². The van der Waals surface area contributed by atoms with Gasteiger partial charge in [-0.15, -0.1) is 0 Å². The molecule has 278 valence electrons. The predicted octanol–water partition coefficient (Wildman–Crippen LogP) is 16.8. The molecule has 0 aliphatic rings. The van der Waals surface area contributed by atoms with E-state index in [2.05, 4.69) is 205 Å². The summed E-state index contributed by atoms with van der Waals surface area (Å²) in [6.45, 7) is 0. The first-order chi connectivity index (χ1) is 30.2. The Bertz CT molecular complexity index is 4080. The predicted molar refractivity (Wildman–Crippen MR) is 263 cm³/mol. The Balaban J connectivity index is 1.03. The Morgan fingerprint density at radius 1 is 0.230 bits per heavy atom. The van der Waals surface area contributed by atoms with Gasteiger partial charge in [0.2, 0.25) is 0 Å². The van der Waals surface area contributed by atoms with Crippen LogP contribution in [0.5, 0.6) is 0 Å². The fourth-order valence-corrected chi connectivity index (χ4v) is 11.5. The van der Waals surface area contributed by atoms with Gasteiger partial charge in [0.05, 0.1) is 16.7 Å². The molecular weight excluding hydrogens is 735 g/mol. The van der Waals surface area contributed by atoms with Crippen molar-refractivity contribution in [1.82, 2.24) is 4.57 Å². The standard InChI is InChI=1S/C60H33N/c1-4-34-10-13-40-16-24-45(47-26-18-37(7-1)55(34)58(40)47)43-22-30-53-50(32-43)51-33-44(46-25-17-41-14-11-35-5-2-8-38-19-27-48(46)59(41)56(35)38)23-31-54(51)61(53)52-29-21-42-15-12-36-6-3-9-39-20-28-49(52)60(42)57(36)39/h1-33H. The lowest BCUT2D eigenvalue weighted by Gasteiger charge is -2.17. The first kappa shape index (κ1) is 31.9.